The van der Waals surface area contributed by atoms with E-state index >= 15 is 0 Å². The summed E-state index contributed by atoms with van der Waals surface area (Å²) in [6, 6.07) is 28.5. The third-order valence-electron chi connectivity index (χ3n) is 6.82. The van der Waals surface area contributed by atoms with Crippen LogP contribution in [0.15, 0.2) is 72.8 Å². The standard InChI is InChI=1S/C30H33Si.3ClH.Ti/c1-20-11-10-14-27(16-20)31(28-17-21(2)15-22(3)18-28)19-29-24(5)23(4)25(6)30(29)26-12-8-7-9-13-26;;;;/h7-18,31H,19H2,1-6H3;3*1H;/q-1;;;;+4/p-3. The normalized spacial score (nSPS) is 10.8. The van der Waals surface area contributed by atoms with E-state index < -0.39 is 8.80 Å². The molecule has 0 aliphatic rings. The first-order valence-electron chi connectivity index (χ1n) is 11.3. The molecule has 0 fully saturated rings. The summed E-state index contributed by atoms with van der Waals surface area (Å²) in [5.74, 6) is 0. The van der Waals surface area contributed by atoms with Gasteiger partial charge in [-0.2, -0.15) is 0 Å². The molecule has 0 N–H and O–H groups in total. The minimum atomic E-state index is -1.45. The average molecular weight is 576 g/mol. The summed E-state index contributed by atoms with van der Waals surface area (Å²) < 4.78 is 0. The van der Waals surface area contributed by atoms with Crippen LogP contribution in [0.4, 0.5) is 0 Å². The summed E-state index contributed by atoms with van der Waals surface area (Å²) in [4.78, 5) is 0. The first kappa shape index (κ1) is 33.8. The maximum Gasteiger partial charge on any atom is 4.00 e. The van der Waals surface area contributed by atoms with Gasteiger partial charge in [-0.3, -0.25) is 0 Å². The number of halogens is 3. The molecule has 0 aliphatic heterocycles. The van der Waals surface area contributed by atoms with Crippen molar-refractivity contribution in [1.29, 1.82) is 0 Å². The summed E-state index contributed by atoms with van der Waals surface area (Å²) in [5.41, 5.74) is 12.8. The average Bonchev–Trinajstić information content (AvgIpc) is 2.95. The van der Waals surface area contributed by atoms with Crippen LogP contribution in [0, 0.1) is 41.5 Å². The zero-order valence-electron chi connectivity index (χ0n) is 21.3. The van der Waals surface area contributed by atoms with Gasteiger partial charge >= 0.3 is 21.7 Å². The zero-order valence-corrected chi connectivity index (χ0v) is 26.3. The van der Waals surface area contributed by atoms with Gasteiger partial charge in [0.1, 0.15) is 8.80 Å². The molecular weight excluding hydrogens is 543 g/mol. The number of aryl methyl sites for hydroxylation is 3. The van der Waals surface area contributed by atoms with Crippen molar-refractivity contribution in [2.45, 2.75) is 47.6 Å². The second-order valence-corrected chi connectivity index (χ2v) is 12.0. The second-order valence-electron chi connectivity index (χ2n) is 9.19. The van der Waals surface area contributed by atoms with Gasteiger partial charge in [-0.15, -0.1) is 39.9 Å². The minimum Gasteiger partial charge on any atom is -1.00 e. The van der Waals surface area contributed by atoms with Gasteiger partial charge in [0.15, 0.2) is 0 Å². The van der Waals surface area contributed by atoms with E-state index in [0.29, 0.717) is 0 Å². The van der Waals surface area contributed by atoms with Crippen molar-refractivity contribution in [3.8, 4) is 11.1 Å². The summed E-state index contributed by atoms with van der Waals surface area (Å²) in [6.45, 7) is 13.6. The summed E-state index contributed by atoms with van der Waals surface area (Å²) >= 11 is 0. The largest absolute Gasteiger partial charge is 4.00 e. The molecule has 4 rings (SSSR count). The number of hydrogen-bond donors (Lipinski definition) is 0. The molecule has 0 bridgehead atoms. The topological polar surface area (TPSA) is 0 Å². The number of hydrogen-bond acceptors (Lipinski definition) is 0. The summed E-state index contributed by atoms with van der Waals surface area (Å²) in [5, 5.41) is 3.10. The van der Waals surface area contributed by atoms with Crippen molar-refractivity contribution in [3.05, 3.63) is 112 Å². The fourth-order valence-corrected chi connectivity index (χ4v) is 8.60. The van der Waals surface area contributed by atoms with E-state index in [4.69, 9.17) is 0 Å². The van der Waals surface area contributed by atoms with Crippen molar-refractivity contribution in [2.75, 3.05) is 0 Å². The fraction of sp³-hybridized carbons (Fsp3) is 0.233. The van der Waals surface area contributed by atoms with E-state index in [2.05, 4.69) is 114 Å². The van der Waals surface area contributed by atoms with Crippen LogP contribution >= 0.6 is 0 Å². The van der Waals surface area contributed by atoms with Crippen LogP contribution in [0.1, 0.15) is 38.9 Å². The first-order chi connectivity index (χ1) is 14.8. The monoisotopic (exact) mass is 574 g/mol. The van der Waals surface area contributed by atoms with Gasteiger partial charge < -0.3 is 37.2 Å². The van der Waals surface area contributed by atoms with Crippen LogP contribution in [-0.2, 0) is 27.8 Å². The molecule has 1 unspecified atom stereocenters. The van der Waals surface area contributed by atoms with E-state index in [1.54, 1.807) is 15.9 Å². The van der Waals surface area contributed by atoms with Crippen molar-refractivity contribution in [1.82, 2.24) is 0 Å². The van der Waals surface area contributed by atoms with Crippen molar-refractivity contribution in [2.24, 2.45) is 0 Å². The number of rotatable bonds is 5. The van der Waals surface area contributed by atoms with Gasteiger partial charge in [-0.1, -0.05) is 114 Å². The third kappa shape index (κ3) is 7.42. The fourth-order valence-electron chi connectivity index (χ4n) is 5.09. The Balaban J connectivity index is 0.00000289. The van der Waals surface area contributed by atoms with E-state index in [1.807, 2.05) is 0 Å². The molecule has 4 aromatic carbocycles. The molecule has 35 heavy (non-hydrogen) atoms. The maximum atomic E-state index is 2.44. The van der Waals surface area contributed by atoms with Crippen molar-refractivity contribution < 1.29 is 58.9 Å². The van der Waals surface area contributed by atoms with E-state index in [-0.39, 0.29) is 58.9 Å². The molecule has 0 aliphatic carbocycles. The molecule has 1 atom stereocenters. The molecular formula is C30H33Cl3SiTi. The molecule has 182 valence electrons. The number of benzene rings is 3. The second kappa shape index (κ2) is 14.5. The van der Waals surface area contributed by atoms with Crippen LogP contribution in [0.2, 0.25) is 0 Å². The van der Waals surface area contributed by atoms with E-state index in [1.165, 1.54) is 44.5 Å². The Morgan fingerprint density at radius 2 is 1.17 bits per heavy atom. The quantitative estimate of drug-likeness (QED) is 0.177. The Kier molecular flexibility index (Phi) is 14.0. The van der Waals surface area contributed by atoms with Crippen LogP contribution in [-0.4, -0.2) is 8.80 Å². The first-order valence-corrected chi connectivity index (χ1v) is 13.3. The molecule has 4 aromatic rings. The molecule has 0 nitrogen and oxygen atoms in total. The van der Waals surface area contributed by atoms with Gasteiger partial charge in [0.05, 0.1) is 0 Å². The Hall–Kier alpha value is -1.19. The van der Waals surface area contributed by atoms with Crippen LogP contribution in [0.3, 0.4) is 0 Å². The SMILES string of the molecule is Cc1cccc([SiH](Cc2c(C)c(C)c(C)[c-]2-c2ccccc2)c2cc(C)cc(C)c2)c1.[Cl-].[Cl-].[Cl-].[Ti+4]. The van der Waals surface area contributed by atoms with Gasteiger partial charge in [-0.25, -0.2) is 0 Å². The molecule has 0 heterocycles. The van der Waals surface area contributed by atoms with Crippen molar-refractivity contribution in [3.63, 3.8) is 0 Å². The van der Waals surface area contributed by atoms with Gasteiger partial charge in [0, 0.05) is 0 Å². The molecule has 0 saturated heterocycles. The third-order valence-corrected chi connectivity index (χ3v) is 9.93. The maximum absolute atomic E-state index is 2.44. The molecule has 0 amide bonds. The van der Waals surface area contributed by atoms with E-state index in [0.717, 1.165) is 6.04 Å². The van der Waals surface area contributed by atoms with Crippen LogP contribution in [0.5, 0.6) is 0 Å². The zero-order chi connectivity index (χ0) is 22.1. The van der Waals surface area contributed by atoms with E-state index in [9.17, 15) is 0 Å². The molecule has 0 saturated carbocycles. The Bertz CT molecular complexity index is 1210. The van der Waals surface area contributed by atoms with Crippen molar-refractivity contribution >= 4 is 19.2 Å². The molecule has 0 aromatic heterocycles. The van der Waals surface area contributed by atoms with Gasteiger partial charge in [-0.05, 0) is 26.8 Å². The minimum absolute atomic E-state index is 0. The molecule has 0 radical (unpaired) electrons. The van der Waals surface area contributed by atoms with Crippen LogP contribution in [0.25, 0.3) is 11.1 Å². The Morgan fingerprint density at radius 1 is 0.600 bits per heavy atom. The van der Waals surface area contributed by atoms with Gasteiger partial charge in [0.2, 0.25) is 0 Å². The predicted octanol–water partition coefficient (Wildman–Crippen LogP) is -2.94. The van der Waals surface area contributed by atoms with Gasteiger partial charge in [0.25, 0.3) is 0 Å². The van der Waals surface area contributed by atoms with Crippen LogP contribution < -0.4 is 47.6 Å². The Labute approximate surface area is 247 Å². The molecule has 0 spiro atoms. The smallest absolute Gasteiger partial charge is 1.00 e. The summed E-state index contributed by atoms with van der Waals surface area (Å²) in [7, 11) is -1.45. The Morgan fingerprint density at radius 3 is 1.74 bits per heavy atom. The predicted molar refractivity (Wildman–Crippen MR) is 139 cm³/mol. The molecule has 5 heteroatoms. The summed E-state index contributed by atoms with van der Waals surface area (Å²) in [6.07, 6.45) is 0.